The maximum absolute atomic E-state index is 4.26. The largest absolute Gasteiger partial charge is 0.367 e. The van der Waals surface area contributed by atoms with Crippen LogP contribution in [0.2, 0.25) is 0 Å². The van der Waals surface area contributed by atoms with Gasteiger partial charge in [0.25, 0.3) is 0 Å². The third-order valence-corrected chi connectivity index (χ3v) is 2.13. The molecule has 2 rings (SSSR count). The molecule has 0 atom stereocenters. The normalized spacial score (nSPS) is 15.8. The Morgan fingerprint density at radius 3 is 3.08 bits per heavy atom. The second kappa shape index (κ2) is 3.75. The van der Waals surface area contributed by atoms with Gasteiger partial charge in [-0.05, 0) is 37.6 Å². The fraction of sp³-hybridized carbons (Fsp3) is 0.500. The van der Waals surface area contributed by atoms with Gasteiger partial charge >= 0.3 is 0 Å². The van der Waals surface area contributed by atoms with Gasteiger partial charge in [0.15, 0.2) is 0 Å². The summed E-state index contributed by atoms with van der Waals surface area (Å²) in [4.78, 5) is 4.26. The Bertz CT molecular complexity index is 281. The highest BCUT2D eigenvalue weighted by Gasteiger charge is 2.20. The summed E-state index contributed by atoms with van der Waals surface area (Å²) in [6, 6.07) is 4.82. The zero-order valence-electron chi connectivity index (χ0n) is 7.88. The van der Waals surface area contributed by atoms with Gasteiger partial charge in [-0.3, -0.25) is 0 Å². The Balaban J connectivity index is 2.02. The van der Waals surface area contributed by atoms with Crippen molar-refractivity contribution in [2.45, 2.75) is 25.4 Å². The number of anilines is 1. The lowest BCUT2D eigenvalue weighted by atomic mass is 10.2. The molecule has 0 saturated heterocycles. The van der Waals surface area contributed by atoms with Gasteiger partial charge in [0, 0.05) is 18.8 Å². The van der Waals surface area contributed by atoms with Crippen LogP contribution in [0.25, 0.3) is 0 Å². The minimum absolute atomic E-state index is 0.678. The number of aromatic nitrogens is 1. The number of nitrogens with zero attached hydrogens (tertiary/aromatic N) is 1. The molecular weight excluding hydrogens is 162 g/mol. The molecule has 1 aliphatic rings. The van der Waals surface area contributed by atoms with Crippen LogP contribution in [0, 0.1) is 0 Å². The average Bonchev–Trinajstić information content (AvgIpc) is 2.90. The highest BCUT2D eigenvalue weighted by Crippen LogP contribution is 2.23. The van der Waals surface area contributed by atoms with Gasteiger partial charge in [-0.1, -0.05) is 0 Å². The van der Waals surface area contributed by atoms with Gasteiger partial charge in [0.1, 0.15) is 5.82 Å². The van der Waals surface area contributed by atoms with E-state index in [4.69, 9.17) is 0 Å². The van der Waals surface area contributed by atoms with Gasteiger partial charge < -0.3 is 10.6 Å². The van der Waals surface area contributed by atoms with Crippen LogP contribution in [0.3, 0.4) is 0 Å². The van der Waals surface area contributed by atoms with Crippen molar-refractivity contribution in [1.29, 1.82) is 0 Å². The summed E-state index contributed by atoms with van der Waals surface area (Å²) in [5, 5.41) is 6.50. The maximum Gasteiger partial charge on any atom is 0.126 e. The van der Waals surface area contributed by atoms with Crippen molar-refractivity contribution in [3.05, 3.63) is 23.9 Å². The third kappa shape index (κ3) is 2.42. The predicted molar refractivity (Wildman–Crippen MR) is 53.6 cm³/mol. The molecule has 0 spiro atoms. The molecule has 0 amide bonds. The third-order valence-electron chi connectivity index (χ3n) is 2.13. The van der Waals surface area contributed by atoms with Gasteiger partial charge in [-0.25, -0.2) is 4.98 Å². The summed E-state index contributed by atoms with van der Waals surface area (Å²) in [5.41, 5.74) is 1.28. The summed E-state index contributed by atoms with van der Waals surface area (Å²) in [6.45, 7) is 0.905. The fourth-order valence-corrected chi connectivity index (χ4v) is 1.30. The molecule has 1 aromatic heterocycles. The highest BCUT2D eigenvalue weighted by molar-refractivity contribution is 5.39. The molecule has 3 heteroatoms. The van der Waals surface area contributed by atoms with Crippen LogP contribution >= 0.6 is 0 Å². The number of nitrogens with one attached hydrogen (secondary N) is 2. The fourth-order valence-electron chi connectivity index (χ4n) is 1.30. The summed E-state index contributed by atoms with van der Waals surface area (Å²) < 4.78 is 0. The van der Waals surface area contributed by atoms with Gasteiger partial charge in [0.2, 0.25) is 0 Å². The van der Waals surface area contributed by atoms with E-state index in [0.29, 0.717) is 6.04 Å². The summed E-state index contributed by atoms with van der Waals surface area (Å²) >= 11 is 0. The molecule has 0 aromatic carbocycles. The van der Waals surface area contributed by atoms with Crippen LogP contribution in [0.5, 0.6) is 0 Å². The van der Waals surface area contributed by atoms with E-state index >= 15 is 0 Å². The molecule has 70 valence electrons. The van der Waals surface area contributed by atoms with Gasteiger partial charge in [0.05, 0.1) is 0 Å². The average molecular weight is 177 g/mol. The van der Waals surface area contributed by atoms with Crippen molar-refractivity contribution in [3.63, 3.8) is 0 Å². The Morgan fingerprint density at radius 1 is 1.54 bits per heavy atom. The van der Waals surface area contributed by atoms with Crippen molar-refractivity contribution in [2.24, 2.45) is 0 Å². The number of pyridine rings is 1. The van der Waals surface area contributed by atoms with Crippen LogP contribution in [0.15, 0.2) is 18.3 Å². The number of hydrogen-bond donors (Lipinski definition) is 2. The van der Waals surface area contributed by atoms with E-state index in [0.717, 1.165) is 12.4 Å². The minimum atomic E-state index is 0.678. The van der Waals surface area contributed by atoms with E-state index in [2.05, 4.69) is 21.7 Å². The Hall–Kier alpha value is -1.09. The Labute approximate surface area is 78.6 Å². The van der Waals surface area contributed by atoms with E-state index in [1.54, 1.807) is 0 Å². The van der Waals surface area contributed by atoms with Crippen molar-refractivity contribution < 1.29 is 0 Å². The monoisotopic (exact) mass is 177 g/mol. The number of rotatable bonds is 4. The van der Waals surface area contributed by atoms with Crippen molar-refractivity contribution in [1.82, 2.24) is 10.3 Å². The van der Waals surface area contributed by atoms with E-state index in [1.165, 1.54) is 18.4 Å². The first-order valence-electron chi connectivity index (χ1n) is 4.74. The Kier molecular flexibility index (Phi) is 2.45. The quantitative estimate of drug-likeness (QED) is 0.729. The molecule has 0 bridgehead atoms. The van der Waals surface area contributed by atoms with E-state index < -0.39 is 0 Å². The minimum Gasteiger partial charge on any atom is -0.367 e. The molecular formula is C10H15N3. The second-order valence-corrected chi connectivity index (χ2v) is 3.50. The molecule has 1 heterocycles. The van der Waals surface area contributed by atoms with Gasteiger partial charge in [-0.2, -0.15) is 0 Å². The lowest BCUT2D eigenvalue weighted by Gasteiger charge is -2.05. The van der Waals surface area contributed by atoms with Crippen molar-refractivity contribution in [3.8, 4) is 0 Å². The van der Waals surface area contributed by atoms with Crippen molar-refractivity contribution in [2.75, 3.05) is 12.4 Å². The molecule has 0 aliphatic heterocycles. The van der Waals surface area contributed by atoms with Crippen LogP contribution in [-0.4, -0.2) is 18.1 Å². The second-order valence-electron chi connectivity index (χ2n) is 3.50. The first kappa shape index (κ1) is 8.51. The molecule has 13 heavy (non-hydrogen) atoms. The smallest absolute Gasteiger partial charge is 0.126 e. The molecule has 3 nitrogen and oxygen atoms in total. The molecule has 0 unspecified atom stereocenters. The molecule has 1 fully saturated rings. The Morgan fingerprint density at radius 2 is 2.38 bits per heavy atom. The summed E-state index contributed by atoms with van der Waals surface area (Å²) in [5.74, 6) is 1.01. The number of hydrogen-bond acceptors (Lipinski definition) is 3. The molecule has 1 aromatic rings. The lowest BCUT2D eigenvalue weighted by molar-refractivity contribution is 0.816. The lowest BCUT2D eigenvalue weighted by Crippen LogP contribution is -2.07. The van der Waals surface area contributed by atoms with E-state index in [1.807, 2.05) is 19.3 Å². The zero-order chi connectivity index (χ0) is 9.10. The molecule has 2 N–H and O–H groups in total. The van der Waals surface area contributed by atoms with E-state index in [9.17, 15) is 0 Å². The van der Waals surface area contributed by atoms with Crippen molar-refractivity contribution >= 4 is 5.82 Å². The molecule has 1 aliphatic carbocycles. The van der Waals surface area contributed by atoms with Crippen LogP contribution < -0.4 is 10.6 Å². The topological polar surface area (TPSA) is 37.0 Å². The molecule has 0 radical (unpaired) electrons. The first-order valence-corrected chi connectivity index (χ1v) is 4.74. The highest BCUT2D eigenvalue weighted by atomic mass is 15.0. The summed E-state index contributed by atoms with van der Waals surface area (Å²) in [7, 11) is 1.95. The van der Waals surface area contributed by atoms with E-state index in [-0.39, 0.29) is 0 Å². The van der Waals surface area contributed by atoms with Crippen LogP contribution in [0.1, 0.15) is 18.4 Å². The summed E-state index contributed by atoms with van der Waals surface area (Å²) in [6.07, 6.45) is 4.44. The standard InChI is InChI=1S/C10H15N3/c1-11-7-8-4-5-12-10(6-8)13-9-2-3-9/h4-6,9,11H,2-3,7H2,1H3,(H,12,13). The first-order chi connectivity index (χ1) is 6.38. The van der Waals surface area contributed by atoms with Gasteiger partial charge in [-0.15, -0.1) is 0 Å². The van der Waals surface area contributed by atoms with Crippen LogP contribution in [0.4, 0.5) is 5.82 Å². The van der Waals surface area contributed by atoms with Crippen LogP contribution in [-0.2, 0) is 6.54 Å². The SMILES string of the molecule is CNCc1ccnc(NC2CC2)c1. The molecule has 1 saturated carbocycles. The zero-order valence-corrected chi connectivity index (χ0v) is 7.88. The predicted octanol–water partition coefficient (Wildman–Crippen LogP) is 1.38. The maximum atomic E-state index is 4.26.